The molecule has 1 N–H and O–H groups in total. The van der Waals surface area contributed by atoms with Crippen molar-refractivity contribution < 1.29 is 5.11 Å². The molecule has 1 atom stereocenters. The molecule has 0 heterocycles. The van der Waals surface area contributed by atoms with Gasteiger partial charge in [-0.25, -0.2) is 0 Å². The highest BCUT2D eigenvalue weighted by atomic mass is 16.3. The minimum Gasteiger partial charge on any atom is -0.390 e. The zero-order chi connectivity index (χ0) is 13.7. The second kappa shape index (κ2) is 7.04. The van der Waals surface area contributed by atoms with Crippen LogP contribution in [0.1, 0.15) is 24.8 Å². The van der Waals surface area contributed by atoms with E-state index in [1.165, 1.54) is 24.8 Å². The number of likely N-dealkylation sites (N-methyl/N-ethyl adjacent to an activating group) is 2. The molecule has 1 saturated carbocycles. The zero-order valence-corrected chi connectivity index (χ0v) is 12.1. The molecule has 1 aliphatic carbocycles. The molecule has 0 spiro atoms. The van der Waals surface area contributed by atoms with Gasteiger partial charge in [-0.1, -0.05) is 36.8 Å². The molecule has 19 heavy (non-hydrogen) atoms. The minimum absolute atomic E-state index is 0.265. The highest BCUT2D eigenvalue weighted by Crippen LogP contribution is 2.23. The molecule has 3 nitrogen and oxygen atoms in total. The van der Waals surface area contributed by atoms with Crippen molar-refractivity contribution in [1.29, 1.82) is 0 Å². The summed E-state index contributed by atoms with van der Waals surface area (Å²) < 4.78 is 0. The fourth-order valence-electron chi connectivity index (χ4n) is 2.69. The third-order valence-corrected chi connectivity index (χ3v) is 4.01. The standard InChI is InChI=1S/C16H26N2O/c1-17(11-14-7-4-3-5-8-14)12-16(19)13-18(2)15-9-6-10-15/h3-5,7-8,15-16,19H,6,9-13H2,1-2H3. The van der Waals surface area contributed by atoms with Gasteiger partial charge >= 0.3 is 0 Å². The molecule has 1 aromatic carbocycles. The van der Waals surface area contributed by atoms with Gasteiger partial charge in [0.05, 0.1) is 6.10 Å². The molecule has 3 heteroatoms. The van der Waals surface area contributed by atoms with Crippen LogP contribution in [-0.2, 0) is 6.54 Å². The van der Waals surface area contributed by atoms with Gasteiger partial charge in [-0.05, 0) is 32.5 Å². The Labute approximate surface area is 116 Å². The lowest BCUT2D eigenvalue weighted by atomic mass is 9.92. The molecule has 0 radical (unpaired) electrons. The van der Waals surface area contributed by atoms with E-state index in [1.54, 1.807) is 0 Å². The largest absolute Gasteiger partial charge is 0.390 e. The van der Waals surface area contributed by atoms with Crippen molar-refractivity contribution in [3.8, 4) is 0 Å². The van der Waals surface area contributed by atoms with E-state index in [0.717, 1.165) is 19.6 Å². The fraction of sp³-hybridized carbons (Fsp3) is 0.625. The van der Waals surface area contributed by atoms with E-state index >= 15 is 0 Å². The third kappa shape index (κ3) is 4.60. The Morgan fingerprint density at radius 1 is 1.16 bits per heavy atom. The first-order valence-corrected chi connectivity index (χ1v) is 7.26. The number of benzene rings is 1. The molecule has 1 aliphatic rings. The maximum absolute atomic E-state index is 10.2. The van der Waals surface area contributed by atoms with Crippen LogP contribution in [0.15, 0.2) is 30.3 Å². The smallest absolute Gasteiger partial charge is 0.0793 e. The van der Waals surface area contributed by atoms with Crippen molar-refractivity contribution in [2.75, 3.05) is 27.2 Å². The summed E-state index contributed by atoms with van der Waals surface area (Å²) in [4.78, 5) is 4.50. The van der Waals surface area contributed by atoms with E-state index in [0.29, 0.717) is 6.04 Å². The van der Waals surface area contributed by atoms with E-state index in [4.69, 9.17) is 0 Å². The quantitative estimate of drug-likeness (QED) is 0.814. The van der Waals surface area contributed by atoms with Gasteiger partial charge in [0, 0.05) is 25.7 Å². The highest BCUT2D eigenvalue weighted by molar-refractivity contribution is 5.14. The maximum atomic E-state index is 10.2. The summed E-state index contributed by atoms with van der Waals surface area (Å²) in [6.45, 7) is 2.40. The average Bonchev–Trinajstić information content (AvgIpc) is 2.26. The van der Waals surface area contributed by atoms with Crippen molar-refractivity contribution >= 4 is 0 Å². The van der Waals surface area contributed by atoms with Crippen molar-refractivity contribution in [2.45, 2.75) is 38.0 Å². The van der Waals surface area contributed by atoms with Crippen LogP contribution in [0.4, 0.5) is 0 Å². The molecule has 0 aliphatic heterocycles. The van der Waals surface area contributed by atoms with Crippen LogP contribution in [0.3, 0.4) is 0 Å². The molecule has 2 rings (SSSR count). The Hall–Kier alpha value is -0.900. The van der Waals surface area contributed by atoms with E-state index in [1.807, 2.05) is 6.07 Å². The summed E-state index contributed by atoms with van der Waals surface area (Å²) in [5, 5.41) is 10.2. The summed E-state index contributed by atoms with van der Waals surface area (Å²) in [5.41, 5.74) is 1.30. The monoisotopic (exact) mass is 262 g/mol. The number of aliphatic hydroxyl groups is 1. The van der Waals surface area contributed by atoms with Crippen molar-refractivity contribution in [3.05, 3.63) is 35.9 Å². The molecule has 0 saturated heterocycles. The fourth-order valence-corrected chi connectivity index (χ4v) is 2.69. The Morgan fingerprint density at radius 3 is 2.42 bits per heavy atom. The first-order valence-electron chi connectivity index (χ1n) is 7.26. The van der Waals surface area contributed by atoms with Gasteiger partial charge in [0.15, 0.2) is 0 Å². The van der Waals surface area contributed by atoms with Gasteiger partial charge < -0.3 is 10.0 Å². The van der Waals surface area contributed by atoms with Gasteiger partial charge in [0.2, 0.25) is 0 Å². The Balaban J connectivity index is 1.70. The van der Waals surface area contributed by atoms with Crippen LogP contribution in [0.5, 0.6) is 0 Å². The number of nitrogens with zero attached hydrogens (tertiary/aromatic N) is 2. The molecule has 0 amide bonds. The van der Waals surface area contributed by atoms with E-state index in [2.05, 4.69) is 48.2 Å². The maximum Gasteiger partial charge on any atom is 0.0793 e. The topological polar surface area (TPSA) is 26.7 Å². The lowest BCUT2D eigenvalue weighted by Crippen LogP contribution is -2.44. The molecular weight excluding hydrogens is 236 g/mol. The van der Waals surface area contributed by atoms with Crippen LogP contribution in [0.2, 0.25) is 0 Å². The number of hydrogen-bond acceptors (Lipinski definition) is 3. The Kier molecular flexibility index (Phi) is 5.37. The molecule has 1 aromatic rings. The van der Waals surface area contributed by atoms with Gasteiger partial charge in [0.1, 0.15) is 0 Å². The van der Waals surface area contributed by atoms with E-state index < -0.39 is 0 Å². The normalized spacial score (nSPS) is 17.7. The first kappa shape index (κ1) is 14.5. The van der Waals surface area contributed by atoms with Crippen LogP contribution in [-0.4, -0.2) is 54.2 Å². The second-order valence-electron chi connectivity index (χ2n) is 5.86. The van der Waals surface area contributed by atoms with Crippen LogP contribution >= 0.6 is 0 Å². The molecule has 0 bridgehead atoms. The average molecular weight is 262 g/mol. The van der Waals surface area contributed by atoms with Crippen molar-refractivity contribution in [1.82, 2.24) is 9.80 Å². The lowest BCUT2D eigenvalue weighted by Gasteiger charge is -2.36. The summed E-state index contributed by atoms with van der Waals surface area (Å²) in [7, 11) is 4.20. The summed E-state index contributed by atoms with van der Waals surface area (Å²) in [6, 6.07) is 11.1. The van der Waals surface area contributed by atoms with Crippen LogP contribution < -0.4 is 0 Å². The molecular formula is C16H26N2O. The summed E-state index contributed by atoms with van der Waals surface area (Å²) in [5.74, 6) is 0. The predicted molar refractivity (Wildman–Crippen MR) is 79.1 cm³/mol. The minimum atomic E-state index is -0.265. The van der Waals surface area contributed by atoms with Gasteiger partial charge in [-0.3, -0.25) is 4.90 Å². The van der Waals surface area contributed by atoms with Crippen molar-refractivity contribution in [3.63, 3.8) is 0 Å². The zero-order valence-electron chi connectivity index (χ0n) is 12.1. The molecule has 1 unspecified atom stereocenters. The summed E-state index contributed by atoms with van der Waals surface area (Å²) >= 11 is 0. The van der Waals surface area contributed by atoms with Gasteiger partial charge in [0.25, 0.3) is 0 Å². The van der Waals surface area contributed by atoms with Gasteiger partial charge in [-0.2, -0.15) is 0 Å². The van der Waals surface area contributed by atoms with E-state index in [-0.39, 0.29) is 6.10 Å². The number of aliphatic hydroxyl groups excluding tert-OH is 1. The lowest BCUT2D eigenvalue weighted by molar-refractivity contribution is 0.0565. The molecule has 1 fully saturated rings. The third-order valence-electron chi connectivity index (χ3n) is 4.01. The number of hydrogen-bond donors (Lipinski definition) is 1. The van der Waals surface area contributed by atoms with Gasteiger partial charge in [-0.15, -0.1) is 0 Å². The molecule has 0 aromatic heterocycles. The van der Waals surface area contributed by atoms with Crippen LogP contribution in [0.25, 0.3) is 0 Å². The Morgan fingerprint density at radius 2 is 1.84 bits per heavy atom. The second-order valence-corrected chi connectivity index (χ2v) is 5.86. The highest BCUT2D eigenvalue weighted by Gasteiger charge is 2.23. The SMILES string of the molecule is CN(Cc1ccccc1)CC(O)CN(C)C1CCC1. The summed E-state index contributed by atoms with van der Waals surface area (Å²) in [6.07, 6.45) is 3.67. The Bertz CT molecular complexity index is 364. The van der Waals surface area contributed by atoms with Crippen LogP contribution in [0, 0.1) is 0 Å². The number of rotatable bonds is 7. The molecule has 106 valence electrons. The predicted octanol–water partition coefficient (Wildman–Crippen LogP) is 1.96. The van der Waals surface area contributed by atoms with E-state index in [9.17, 15) is 5.11 Å². The first-order chi connectivity index (χ1) is 9.15. The van der Waals surface area contributed by atoms with Crippen molar-refractivity contribution in [2.24, 2.45) is 0 Å².